The van der Waals surface area contributed by atoms with E-state index in [1.807, 2.05) is 12.1 Å². The van der Waals surface area contributed by atoms with Crippen LogP contribution in [0.1, 0.15) is 19.4 Å². The van der Waals surface area contributed by atoms with Crippen LogP contribution in [0.25, 0.3) is 0 Å². The van der Waals surface area contributed by atoms with E-state index in [0.717, 1.165) is 18.7 Å². The van der Waals surface area contributed by atoms with Crippen LogP contribution >= 0.6 is 0 Å². The van der Waals surface area contributed by atoms with Crippen LogP contribution in [-0.2, 0) is 5.41 Å². The van der Waals surface area contributed by atoms with Crippen LogP contribution in [0.4, 0.5) is 4.39 Å². The normalized spacial score (nSPS) is 32.1. The van der Waals surface area contributed by atoms with Crippen molar-refractivity contribution in [2.45, 2.75) is 19.3 Å². The van der Waals surface area contributed by atoms with E-state index in [0.29, 0.717) is 5.92 Å². The molecule has 76 valence electrons. The van der Waals surface area contributed by atoms with E-state index in [9.17, 15) is 4.39 Å². The maximum absolute atomic E-state index is 13.6. The number of hydrogen-bond donors (Lipinski definition) is 1. The Kier molecular flexibility index (Phi) is 2.31. The second-order valence-corrected chi connectivity index (χ2v) is 4.43. The smallest absolute Gasteiger partial charge is 0.127 e. The van der Waals surface area contributed by atoms with Gasteiger partial charge in [-0.25, -0.2) is 4.39 Å². The standard InChI is InChI=1S/C12H16FN/c1-9-7-14-8-12(9,2)10-5-3-4-6-11(10)13/h3-6,9,14H,7-8H2,1-2H3. The Labute approximate surface area is 84.3 Å². The van der Waals surface area contributed by atoms with Gasteiger partial charge in [0, 0.05) is 12.0 Å². The van der Waals surface area contributed by atoms with Gasteiger partial charge in [0.05, 0.1) is 0 Å². The minimum absolute atomic E-state index is 0.0503. The molecule has 0 spiro atoms. The third-order valence-electron chi connectivity index (χ3n) is 3.52. The van der Waals surface area contributed by atoms with Crippen molar-refractivity contribution in [1.82, 2.24) is 5.32 Å². The van der Waals surface area contributed by atoms with Gasteiger partial charge in [0.15, 0.2) is 0 Å². The average Bonchev–Trinajstić information content (AvgIpc) is 2.49. The summed E-state index contributed by atoms with van der Waals surface area (Å²) in [7, 11) is 0. The number of halogens is 1. The largest absolute Gasteiger partial charge is 0.316 e. The van der Waals surface area contributed by atoms with Crippen LogP contribution in [0.5, 0.6) is 0 Å². The topological polar surface area (TPSA) is 12.0 Å². The van der Waals surface area contributed by atoms with Gasteiger partial charge >= 0.3 is 0 Å². The predicted molar refractivity (Wildman–Crippen MR) is 55.8 cm³/mol. The molecule has 0 aliphatic carbocycles. The Morgan fingerprint density at radius 2 is 2.14 bits per heavy atom. The molecule has 1 fully saturated rings. The highest BCUT2D eigenvalue weighted by molar-refractivity contribution is 5.29. The molecule has 1 saturated heterocycles. The first-order valence-corrected chi connectivity index (χ1v) is 5.10. The lowest BCUT2D eigenvalue weighted by Gasteiger charge is -2.29. The van der Waals surface area contributed by atoms with Crippen molar-refractivity contribution in [3.8, 4) is 0 Å². The summed E-state index contributed by atoms with van der Waals surface area (Å²) in [5.74, 6) is 0.407. The third-order valence-corrected chi connectivity index (χ3v) is 3.52. The second-order valence-electron chi connectivity index (χ2n) is 4.43. The molecule has 1 aromatic rings. The zero-order valence-corrected chi connectivity index (χ0v) is 8.68. The maximum Gasteiger partial charge on any atom is 0.127 e. The molecule has 0 bridgehead atoms. The molecule has 0 saturated carbocycles. The maximum atomic E-state index is 13.6. The van der Waals surface area contributed by atoms with Crippen molar-refractivity contribution < 1.29 is 4.39 Å². The summed E-state index contributed by atoms with van der Waals surface area (Å²) < 4.78 is 13.6. The minimum atomic E-state index is -0.0782. The highest BCUT2D eigenvalue weighted by Gasteiger charge is 2.38. The molecule has 14 heavy (non-hydrogen) atoms. The molecule has 2 rings (SSSR count). The van der Waals surface area contributed by atoms with Crippen molar-refractivity contribution >= 4 is 0 Å². The fourth-order valence-electron chi connectivity index (χ4n) is 2.23. The molecule has 0 aromatic heterocycles. The Balaban J connectivity index is 2.43. The molecule has 2 unspecified atom stereocenters. The fraction of sp³-hybridized carbons (Fsp3) is 0.500. The summed E-state index contributed by atoms with van der Waals surface area (Å²) in [6.45, 7) is 6.16. The first-order valence-electron chi connectivity index (χ1n) is 5.10. The summed E-state index contributed by atoms with van der Waals surface area (Å²) >= 11 is 0. The van der Waals surface area contributed by atoms with Crippen molar-refractivity contribution in [3.05, 3.63) is 35.6 Å². The van der Waals surface area contributed by atoms with Crippen molar-refractivity contribution in [2.24, 2.45) is 5.92 Å². The lowest BCUT2D eigenvalue weighted by Crippen LogP contribution is -2.31. The lowest BCUT2D eigenvalue weighted by atomic mass is 9.75. The second kappa shape index (κ2) is 3.35. The lowest BCUT2D eigenvalue weighted by molar-refractivity contribution is 0.385. The molecule has 2 atom stereocenters. The van der Waals surface area contributed by atoms with Crippen LogP contribution in [0.3, 0.4) is 0 Å². The molecule has 1 aliphatic rings. The molecular weight excluding hydrogens is 177 g/mol. The molecule has 0 radical (unpaired) electrons. The Hall–Kier alpha value is -0.890. The van der Waals surface area contributed by atoms with E-state index in [4.69, 9.17) is 0 Å². The highest BCUT2D eigenvalue weighted by Crippen LogP contribution is 2.35. The zero-order chi connectivity index (χ0) is 10.2. The fourth-order valence-corrected chi connectivity index (χ4v) is 2.23. The summed E-state index contributed by atoms with van der Waals surface area (Å²) in [6.07, 6.45) is 0. The van der Waals surface area contributed by atoms with E-state index < -0.39 is 0 Å². The molecule has 1 aromatic carbocycles. The monoisotopic (exact) mass is 193 g/mol. The van der Waals surface area contributed by atoms with Crippen LogP contribution in [0, 0.1) is 11.7 Å². The SMILES string of the molecule is CC1CNCC1(C)c1ccccc1F. The zero-order valence-electron chi connectivity index (χ0n) is 8.68. The van der Waals surface area contributed by atoms with Crippen LogP contribution in [0.2, 0.25) is 0 Å². The third kappa shape index (κ3) is 1.34. The quantitative estimate of drug-likeness (QED) is 0.721. The number of nitrogens with one attached hydrogen (secondary N) is 1. The van der Waals surface area contributed by atoms with Crippen molar-refractivity contribution in [3.63, 3.8) is 0 Å². The van der Waals surface area contributed by atoms with Crippen LogP contribution < -0.4 is 5.32 Å². The number of rotatable bonds is 1. The van der Waals surface area contributed by atoms with Gasteiger partial charge in [-0.1, -0.05) is 32.0 Å². The summed E-state index contributed by atoms with van der Waals surface area (Å²) in [6, 6.07) is 7.11. The summed E-state index contributed by atoms with van der Waals surface area (Å²) in [4.78, 5) is 0. The van der Waals surface area contributed by atoms with E-state index in [2.05, 4.69) is 19.2 Å². The van der Waals surface area contributed by atoms with Crippen LogP contribution in [-0.4, -0.2) is 13.1 Å². The van der Waals surface area contributed by atoms with E-state index in [1.54, 1.807) is 12.1 Å². The summed E-state index contributed by atoms with van der Waals surface area (Å²) in [5, 5.41) is 3.32. The molecular formula is C12H16FN. The molecule has 1 heterocycles. The van der Waals surface area contributed by atoms with Gasteiger partial charge in [-0.05, 0) is 24.1 Å². The van der Waals surface area contributed by atoms with E-state index >= 15 is 0 Å². The van der Waals surface area contributed by atoms with E-state index in [1.165, 1.54) is 0 Å². The molecule has 2 heteroatoms. The van der Waals surface area contributed by atoms with Gasteiger partial charge < -0.3 is 5.32 Å². The average molecular weight is 193 g/mol. The minimum Gasteiger partial charge on any atom is -0.316 e. The Bertz CT molecular complexity index is 337. The highest BCUT2D eigenvalue weighted by atomic mass is 19.1. The van der Waals surface area contributed by atoms with Gasteiger partial charge in [-0.2, -0.15) is 0 Å². The number of hydrogen-bond acceptors (Lipinski definition) is 1. The molecule has 1 aliphatic heterocycles. The van der Waals surface area contributed by atoms with Crippen molar-refractivity contribution in [2.75, 3.05) is 13.1 Å². The van der Waals surface area contributed by atoms with Gasteiger partial charge in [-0.3, -0.25) is 0 Å². The predicted octanol–water partition coefficient (Wildman–Crippen LogP) is 2.32. The van der Waals surface area contributed by atoms with Crippen LogP contribution in [0.15, 0.2) is 24.3 Å². The first kappa shape index (κ1) is 9.66. The number of benzene rings is 1. The Morgan fingerprint density at radius 3 is 2.71 bits per heavy atom. The molecule has 0 amide bonds. The van der Waals surface area contributed by atoms with Gasteiger partial charge in [0.2, 0.25) is 0 Å². The van der Waals surface area contributed by atoms with Gasteiger partial charge in [0.1, 0.15) is 5.82 Å². The first-order chi connectivity index (χ1) is 6.64. The Morgan fingerprint density at radius 1 is 1.43 bits per heavy atom. The van der Waals surface area contributed by atoms with E-state index in [-0.39, 0.29) is 11.2 Å². The van der Waals surface area contributed by atoms with Gasteiger partial charge in [-0.15, -0.1) is 0 Å². The summed E-state index contributed by atoms with van der Waals surface area (Å²) in [5.41, 5.74) is 0.795. The molecule has 1 N–H and O–H groups in total. The molecule has 1 nitrogen and oxygen atoms in total. The van der Waals surface area contributed by atoms with Gasteiger partial charge in [0.25, 0.3) is 0 Å². The van der Waals surface area contributed by atoms with Crippen molar-refractivity contribution in [1.29, 1.82) is 0 Å².